The highest BCUT2D eigenvalue weighted by molar-refractivity contribution is 5.24. The van der Waals surface area contributed by atoms with E-state index < -0.39 is 0 Å². The molecule has 1 aliphatic heterocycles. The van der Waals surface area contributed by atoms with Gasteiger partial charge in [-0.15, -0.1) is 0 Å². The molecule has 62 valence electrons. The molecule has 0 spiro atoms. The average molecular weight is 154 g/mol. The smallest absolute Gasteiger partial charge is 0.0937 e. The summed E-state index contributed by atoms with van der Waals surface area (Å²) >= 11 is 0. The van der Waals surface area contributed by atoms with Crippen LogP contribution in [0.5, 0.6) is 0 Å². The van der Waals surface area contributed by atoms with Crippen LogP contribution in [-0.2, 0) is 18.0 Å². The molecule has 1 aromatic rings. The zero-order valence-corrected chi connectivity index (χ0v) is 7.27. The molecular weight excluding hydrogens is 140 g/mol. The average Bonchev–Trinajstić information content (AvgIpc) is 2.60. The van der Waals surface area contributed by atoms with Gasteiger partial charge in [-0.05, 0) is 6.92 Å². The Bertz CT molecular complexity index is 230. The van der Waals surface area contributed by atoms with Crippen LogP contribution in [0.4, 0.5) is 0 Å². The lowest BCUT2D eigenvalue weighted by Crippen LogP contribution is -1.82. The number of aromatic nitrogens is 2. The predicted octanol–water partition coefficient (Wildman–Crippen LogP) is 1.77. The van der Waals surface area contributed by atoms with E-state index in [0.29, 0.717) is 6.61 Å². The van der Waals surface area contributed by atoms with Crippen molar-refractivity contribution in [3.05, 3.63) is 17.0 Å². The van der Waals surface area contributed by atoms with Crippen molar-refractivity contribution < 1.29 is 4.74 Å². The minimum atomic E-state index is 0.680. The van der Waals surface area contributed by atoms with Crippen LogP contribution >= 0.6 is 0 Å². The summed E-state index contributed by atoms with van der Waals surface area (Å²) in [7, 11) is 0. The second-order valence-corrected chi connectivity index (χ2v) is 2.27. The Morgan fingerprint density at radius 1 is 1.36 bits per heavy atom. The SMILES string of the molecule is CC.Cc1[nH]nc2c1COC2. The Labute approximate surface area is 66.8 Å². The van der Waals surface area contributed by atoms with Gasteiger partial charge >= 0.3 is 0 Å². The summed E-state index contributed by atoms with van der Waals surface area (Å²) in [5.74, 6) is 0. The Kier molecular flexibility index (Phi) is 2.65. The van der Waals surface area contributed by atoms with Crippen LogP contribution in [0.1, 0.15) is 30.8 Å². The van der Waals surface area contributed by atoms with Gasteiger partial charge in [-0.25, -0.2) is 0 Å². The van der Waals surface area contributed by atoms with E-state index in [1.807, 2.05) is 20.8 Å². The summed E-state index contributed by atoms with van der Waals surface area (Å²) in [4.78, 5) is 0. The molecule has 1 aliphatic rings. The van der Waals surface area contributed by atoms with Gasteiger partial charge < -0.3 is 4.74 Å². The van der Waals surface area contributed by atoms with Gasteiger partial charge in [0.1, 0.15) is 0 Å². The summed E-state index contributed by atoms with van der Waals surface area (Å²) in [5.41, 5.74) is 3.46. The van der Waals surface area contributed by atoms with Crippen LogP contribution < -0.4 is 0 Å². The van der Waals surface area contributed by atoms with E-state index in [0.717, 1.165) is 18.0 Å². The molecular formula is C8H14N2O. The number of nitrogens with zero attached hydrogens (tertiary/aromatic N) is 1. The number of ether oxygens (including phenoxy) is 1. The second-order valence-electron chi connectivity index (χ2n) is 2.27. The Balaban J connectivity index is 0.000000281. The van der Waals surface area contributed by atoms with Gasteiger partial charge in [0.25, 0.3) is 0 Å². The van der Waals surface area contributed by atoms with Gasteiger partial charge in [0, 0.05) is 11.3 Å². The number of fused-ring (bicyclic) bond motifs is 1. The van der Waals surface area contributed by atoms with Crippen molar-refractivity contribution in [1.29, 1.82) is 0 Å². The lowest BCUT2D eigenvalue weighted by molar-refractivity contribution is 0.131. The Hall–Kier alpha value is -0.830. The molecule has 0 aliphatic carbocycles. The van der Waals surface area contributed by atoms with Gasteiger partial charge in [-0.3, -0.25) is 5.10 Å². The standard InChI is InChI=1S/C6H8N2O.C2H6/c1-4-5-2-9-3-6(5)8-7-4;1-2/h2-3H2,1H3,(H,7,8);1-2H3. The first-order chi connectivity index (χ1) is 5.38. The second kappa shape index (κ2) is 3.53. The van der Waals surface area contributed by atoms with Gasteiger partial charge in [-0.1, -0.05) is 13.8 Å². The number of hydrogen-bond donors (Lipinski definition) is 1. The molecule has 0 bridgehead atoms. The summed E-state index contributed by atoms with van der Waals surface area (Å²) in [5, 5.41) is 6.96. The summed E-state index contributed by atoms with van der Waals surface area (Å²) in [6.45, 7) is 7.43. The van der Waals surface area contributed by atoms with Crippen LogP contribution in [0.15, 0.2) is 0 Å². The van der Waals surface area contributed by atoms with Gasteiger partial charge in [-0.2, -0.15) is 5.10 Å². The van der Waals surface area contributed by atoms with Crippen molar-refractivity contribution in [2.75, 3.05) is 0 Å². The minimum absolute atomic E-state index is 0.680. The third kappa shape index (κ3) is 1.43. The van der Waals surface area contributed by atoms with Crippen LogP contribution in [0.25, 0.3) is 0 Å². The molecule has 0 saturated heterocycles. The number of H-pyrrole nitrogens is 1. The van der Waals surface area contributed by atoms with Gasteiger partial charge in [0.2, 0.25) is 0 Å². The molecule has 2 heterocycles. The molecule has 2 rings (SSSR count). The van der Waals surface area contributed by atoms with Crippen molar-refractivity contribution >= 4 is 0 Å². The molecule has 0 atom stereocenters. The first kappa shape index (κ1) is 8.27. The van der Waals surface area contributed by atoms with Crippen molar-refractivity contribution in [1.82, 2.24) is 10.2 Å². The molecule has 0 aromatic carbocycles. The third-order valence-electron chi connectivity index (χ3n) is 1.64. The predicted molar refractivity (Wildman–Crippen MR) is 43.2 cm³/mol. The maximum atomic E-state index is 5.15. The van der Waals surface area contributed by atoms with E-state index in [1.54, 1.807) is 0 Å². The van der Waals surface area contributed by atoms with Gasteiger partial charge in [0.15, 0.2) is 0 Å². The number of hydrogen-bond acceptors (Lipinski definition) is 2. The monoisotopic (exact) mass is 154 g/mol. The quantitative estimate of drug-likeness (QED) is 0.618. The first-order valence-electron chi connectivity index (χ1n) is 3.98. The normalized spacial score (nSPS) is 13.7. The highest BCUT2D eigenvalue weighted by Crippen LogP contribution is 2.19. The molecule has 3 heteroatoms. The van der Waals surface area contributed by atoms with E-state index in [1.165, 1.54) is 5.56 Å². The number of aryl methyl sites for hydroxylation is 1. The summed E-state index contributed by atoms with van der Waals surface area (Å²) in [6, 6.07) is 0. The summed E-state index contributed by atoms with van der Waals surface area (Å²) < 4.78 is 5.15. The molecule has 1 aromatic heterocycles. The number of nitrogens with one attached hydrogen (secondary N) is 1. The number of aromatic amines is 1. The highest BCUT2D eigenvalue weighted by Gasteiger charge is 2.15. The molecule has 0 amide bonds. The van der Waals surface area contributed by atoms with E-state index in [9.17, 15) is 0 Å². The zero-order chi connectivity index (χ0) is 8.27. The molecule has 3 nitrogen and oxygen atoms in total. The molecule has 0 saturated carbocycles. The zero-order valence-electron chi connectivity index (χ0n) is 7.27. The maximum absolute atomic E-state index is 5.15. The third-order valence-corrected chi connectivity index (χ3v) is 1.64. The molecule has 0 fully saturated rings. The van der Waals surface area contributed by atoms with Crippen LogP contribution in [-0.4, -0.2) is 10.2 Å². The van der Waals surface area contributed by atoms with Crippen LogP contribution in [0.2, 0.25) is 0 Å². The first-order valence-corrected chi connectivity index (χ1v) is 3.98. The van der Waals surface area contributed by atoms with Crippen LogP contribution in [0.3, 0.4) is 0 Å². The van der Waals surface area contributed by atoms with Crippen molar-refractivity contribution in [3.63, 3.8) is 0 Å². The Morgan fingerprint density at radius 3 is 2.73 bits per heavy atom. The molecule has 0 radical (unpaired) electrons. The fourth-order valence-corrected chi connectivity index (χ4v) is 1.06. The lowest BCUT2D eigenvalue weighted by Gasteiger charge is -1.87. The molecule has 0 unspecified atom stereocenters. The van der Waals surface area contributed by atoms with E-state index in [-0.39, 0.29) is 0 Å². The fraction of sp³-hybridized carbons (Fsp3) is 0.625. The number of rotatable bonds is 0. The van der Waals surface area contributed by atoms with Crippen LogP contribution in [0, 0.1) is 6.92 Å². The maximum Gasteiger partial charge on any atom is 0.0937 e. The van der Waals surface area contributed by atoms with Crippen molar-refractivity contribution in [2.24, 2.45) is 0 Å². The minimum Gasteiger partial charge on any atom is -0.370 e. The van der Waals surface area contributed by atoms with Crippen molar-refractivity contribution in [3.8, 4) is 0 Å². The van der Waals surface area contributed by atoms with E-state index in [4.69, 9.17) is 4.74 Å². The molecule has 11 heavy (non-hydrogen) atoms. The Morgan fingerprint density at radius 2 is 2.09 bits per heavy atom. The highest BCUT2D eigenvalue weighted by atomic mass is 16.5. The lowest BCUT2D eigenvalue weighted by atomic mass is 10.2. The van der Waals surface area contributed by atoms with E-state index >= 15 is 0 Å². The summed E-state index contributed by atoms with van der Waals surface area (Å²) in [6.07, 6.45) is 0. The largest absolute Gasteiger partial charge is 0.370 e. The van der Waals surface area contributed by atoms with Gasteiger partial charge in [0.05, 0.1) is 18.9 Å². The van der Waals surface area contributed by atoms with Crippen molar-refractivity contribution in [2.45, 2.75) is 34.0 Å². The molecule has 1 N–H and O–H groups in total. The van der Waals surface area contributed by atoms with E-state index in [2.05, 4.69) is 10.2 Å². The topological polar surface area (TPSA) is 37.9 Å². The fourth-order valence-electron chi connectivity index (χ4n) is 1.06.